The molecule has 22 heavy (non-hydrogen) atoms. The van der Waals surface area contributed by atoms with Gasteiger partial charge in [0.05, 0.1) is 6.42 Å². The summed E-state index contributed by atoms with van der Waals surface area (Å²) in [7, 11) is 0. The zero-order valence-electron chi connectivity index (χ0n) is 12.8. The minimum absolute atomic E-state index is 0.197. The topological polar surface area (TPSA) is 46.3 Å². The number of nitrogens with zero attached hydrogens (tertiary/aromatic N) is 2. The highest BCUT2D eigenvalue weighted by atomic mass is 16.5. The lowest BCUT2D eigenvalue weighted by molar-refractivity contribution is -0.133. The summed E-state index contributed by atoms with van der Waals surface area (Å²) in [6, 6.07) is 7.75. The van der Waals surface area contributed by atoms with E-state index < -0.39 is 0 Å². The van der Waals surface area contributed by atoms with Crippen molar-refractivity contribution in [2.75, 3.05) is 13.1 Å². The van der Waals surface area contributed by atoms with E-state index in [0.29, 0.717) is 6.42 Å². The third-order valence-electron chi connectivity index (χ3n) is 5.41. The zero-order valence-corrected chi connectivity index (χ0v) is 12.8. The molecule has 1 aliphatic heterocycles. The molecule has 1 aliphatic carbocycles. The number of hydrogen-bond acceptors (Lipinski definition) is 3. The molecule has 2 fully saturated rings. The lowest BCUT2D eigenvalue weighted by Gasteiger charge is -2.41. The summed E-state index contributed by atoms with van der Waals surface area (Å²) < 4.78 is 5.30. The van der Waals surface area contributed by atoms with Crippen molar-refractivity contribution < 1.29 is 9.32 Å². The van der Waals surface area contributed by atoms with E-state index in [0.717, 1.165) is 41.6 Å². The Hall–Kier alpha value is -1.84. The molecule has 0 radical (unpaired) electrons. The number of piperidine rings is 1. The molecule has 2 aliphatic rings. The summed E-state index contributed by atoms with van der Waals surface area (Å²) in [5.41, 5.74) is 1.53. The Bertz CT molecular complexity index is 679. The Morgan fingerprint density at radius 3 is 2.91 bits per heavy atom. The maximum Gasteiger partial charge on any atom is 0.228 e. The molecule has 2 aromatic rings. The second-order valence-corrected chi connectivity index (χ2v) is 6.74. The van der Waals surface area contributed by atoms with Crippen molar-refractivity contribution in [1.29, 1.82) is 0 Å². The molecule has 1 amide bonds. The average molecular weight is 298 g/mol. The van der Waals surface area contributed by atoms with Gasteiger partial charge in [-0.1, -0.05) is 36.6 Å². The third-order valence-corrected chi connectivity index (χ3v) is 5.41. The quantitative estimate of drug-likeness (QED) is 0.853. The number of carbonyl (C=O) groups excluding carboxylic acids is 1. The lowest BCUT2D eigenvalue weighted by atomic mass is 9.75. The molecule has 1 aromatic carbocycles. The van der Waals surface area contributed by atoms with Crippen LogP contribution in [0.2, 0.25) is 0 Å². The Morgan fingerprint density at radius 1 is 1.18 bits per heavy atom. The smallest absolute Gasteiger partial charge is 0.228 e. The molecule has 0 bridgehead atoms. The van der Waals surface area contributed by atoms with Crippen LogP contribution >= 0.6 is 0 Å². The number of likely N-dealkylation sites (tertiary alicyclic amines) is 1. The first-order valence-corrected chi connectivity index (χ1v) is 8.42. The number of hydrogen-bond donors (Lipinski definition) is 0. The highest BCUT2D eigenvalue weighted by Crippen LogP contribution is 2.36. The van der Waals surface area contributed by atoms with Crippen molar-refractivity contribution in [3.05, 3.63) is 30.0 Å². The Balaban J connectivity index is 1.46. The number of amides is 1. The normalized spacial score (nSPS) is 25.2. The SMILES string of the molecule is O=C(Cc1noc2ccccc12)N1CC[C@@H]2CCCC[C@H]2C1. The molecule has 1 aromatic heterocycles. The van der Waals surface area contributed by atoms with Gasteiger partial charge in [-0.05, 0) is 36.8 Å². The van der Waals surface area contributed by atoms with Crippen LogP contribution in [0.15, 0.2) is 28.8 Å². The van der Waals surface area contributed by atoms with Gasteiger partial charge in [0.1, 0.15) is 5.69 Å². The van der Waals surface area contributed by atoms with Crippen molar-refractivity contribution in [3.63, 3.8) is 0 Å². The Kier molecular flexibility index (Phi) is 3.60. The van der Waals surface area contributed by atoms with Gasteiger partial charge in [0.15, 0.2) is 5.58 Å². The number of benzene rings is 1. The second kappa shape index (κ2) is 5.75. The van der Waals surface area contributed by atoms with E-state index in [-0.39, 0.29) is 5.91 Å². The molecule has 1 saturated heterocycles. The van der Waals surface area contributed by atoms with Crippen LogP contribution in [0.4, 0.5) is 0 Å². The fourth-order valence-corrected chi connectivity index (χ4v) is 4.15. The van der Waals surface area contributed by atoms with Gasteiger partial charge in [-0.2, -0.15) is 0 Å². The van der Waals surface area contributed by atoms with Crippen LogP contribution in [0.25, 0.3) is 11.0 Å². The molecule has 4 rings (SSSR count). The third kappa shape index (κ3) is 2.51. The monoisotopic (exact) mass is 298 g/mol. The molecule has 2 heterocycles. The minimum atomic E-state index is 0.197. The van der Waals surface area contributed by atoms with Crippen LogP contribution in [0.1, 0.15) is 37.8 Å². The number of carbonyl (C=O) groups is 1. The number of fused-ring (bicyclic) bond motifs is 2. The van der Waals surface area contributed by atoms with Crippen LogP contribution < -0.4 is 0 Å². The van der Waals surface area contributed by atoms with E-state index in [2.05, 4.69) is 10.1 Å². The molecule has 0 unspecified atom stereocenters. The fraction of sp³-hybridized carbons (Fsp3) is 0.556. The molecule has 2 atom stereocenters. The van der Waals surface area contributed by atoms with Gasteiger partial charge in [0, 0.05) is 18.5 Å². The van der Waals surface area contributed by atoms with Gasteiger partial charge in [-0.25, -0.2) is 0 Å². The second-order valence-electron chi connectivity index (χ2n) is 6.74. The predicted octanol–water partition coefficient (Wildman–Crippen LogP) is 3.41. The molecular weight excluding hydrogens is 276 g/mol. The van der Waals surface area contributed by atoms with Crippen molar-refractivity contribution in [2.45, 2.75) is 38.5 Å². The van der Waals surface area contributed by atoms with E-state index in [1.165, 1.54) is 32.1 Å². The largest absolute Gasteiger partial charge is 0.356 e. The maximum absolute atomic E-state index is 12.6. The number of rotatable bonds is 2. The average Bonchev–Trinajstić information content (AvgIpc) is 2.97. The van der Waals surface area contributed by atoms with Crippen molar-refractivity contribution in [2.24, 2.45) is 11.8 Å². The van der Waals surface area contributed by atoms with Crippen LogP contribution in [0, 0.1) is 11.8 Å². The van der Waals surface area contributed by atoms with Crippen molar-refractivity contribution in [3.8, 4) is 0 Å². The van der Waals surface area contributed by atoms with E-state index in [1.54, 1.807) is 0 Å². The fourth-order valence-electron chi connectivity index (χ4n) is 4.15. The van der Waals surface area contributed by atoms with Gasteiger partial charge >= 0.3 is 0 Å². The highest BCUT2D eigenvalue weighted by molar-refractivity contribution is 5.86. The first-order chi connectivity index (χ1) is 10.8. The number of para-hydroxylation sites is 1. The molecular formula is C18H22N2O2. The van der Waals surface area contributed by atoms with Gasteiger partial charge in [0.25, 0.3) is 0 Å². The highest BCUT2D eigenvalue weighted by Gasteiger charge is 2.33. The Labute approximate surface area is 130 Å². The molecule has 116 valence electrons. The summed E-state index contributed by atoms with van der Waals surface area (Å²) in [5.74, 6) is 1.77. The van der Waals surface area contributed by atoms with Crippen LogP contribution in [-0.2, 0) is 11.2 Å². The van der Waals surface area contributed by atoms with Gasteiger partial charge < -0.3 is 9.42 Å². The van der Waals surface area contributed by atoms with E-state index >= 15 is 0 Å². The van der Waals surface area contributed by atoms with Crippen molar-refractivity contribution in [1.82, 2.24) is 10.1 Å². The molecule has 4 heteroatoms. The molecule has 1 saturated carbocycles. The first-order valence-electron chi connectivity index (χ1n) is 8.42. The maximum atomic E-state index is 12.6. The van der Waals surface area contributed by atoms with Crippen molar-refractivity contribution >= 4 is 16.9 Å². The van der Waals surface area contributed by atoms with Gasteiger partial charge in [-0.15, -0.1) is 0 Å². The summed E-state index contributed by atoms with van der Waals surface area (Å²) in [5, 5.41) is 5.05. The summed E-state index contributed by atoms with van der Waals surface area (Å²) >= 11 is 0. The first kappa shape index (κ1) is 13.8. The predicted molar refractivity (Wildman–Crippen MR) is 84.4 cm³/mol. The lowest BCUT2D eigenvalue weighted by Crippen LogP contribution is -2.45. The molecule has 4 nitrogen and oxygen atoms in total. The Morgan fingerprint density at radius 2 is 2.00 bits per heavy atom. The van der Waals surface area contributed by atoms with E-state index in [4.69, 9.17) is 4.52 Å². The minimum Gasteiger partial charge on any atom is -0.356 e. The summed E-state index contributed by atoms with van der Waals surface area (Å²) in [6.07, 6.45) is 6.89. The van der Waals surface area contributed by atoms with Gasteiger partial charge in [0.2, 0.25) is 5.91 Å². The summed E-state index contributed by atoms with van der Waals surface area (Å²) in [4.78, 5) is 14.7. The van der Waals surface area contributed by atoms with Crippen LogP contribution in [0.5, 0.6) is 0 Å². The zero-order chi connectivity index (χ0) is 14.9. The molecule has 0 spiro atoms. The standard InChI is InChI=1S/C18H22N2O2/c21-18(11-16-15-7-3-4-8-17(15)22-19-16)20-10-9-13-5-1-2-6-14(13)12-20/h3-4,7-8,13-14H,1-2,5-6,9-12H2/t13-,14-/m0/s1. The van der Waals surface area contributed by atoms with Gasteiger partial charge in [-0.3, -0.25) is 4.79 Å². The summed E-state index contributed by atoms with van der Waals surface area (Å²) in [6.45, 7) is 1.86. The van der Waals surface area contributed by atoms with Crippen LogP contribution in [0.3, 0.4) is 0 Å². The number of aromatic nitrogens is 1. The van der Waals surface area contributed by atoms with E-state index in [1.807, 2.05) is 24.3 Å². The van der Waals surface area contributed by atoms with Crippen LogP contribution in [-0.4, -0.2) is 29.1 Å². The van der Waals surface area contributed by atoms with E-state index in [9.17, 15) is 4.79 Å². The molecule has 0 N–H and O–H groups in total.